The molecule has 2 aromatic carbocycles. The van der Waals surface area contributed by atoms with Gasteiger partial charge < -0.3 is 9.47 Å². The fourth-order valence-corrected chi connectivity index (χ4v) is 4.56. The van der Waals surface area contributed by atoms with Crippen LogP contribution in [0.1, 0.15) is 98.4 Å². The number of benzene rings is 2. The summed E-state index contributed by atoms with van der Waals surface area (Å²) < 4.78 is 11.8. The molecule has 0 saturated heterocycles. The number of rotatable bonds is 14. The molecule has 0 radical (unpaired) electrons. The molecule has 1 aliphatic heterocycles. The molecule has 0 saturated carbocycles. The number of aromatic amines is 1. The van der Waals surface area contributed by atoms with Crippen LogP contribution in [0.15, 0.2) is 42.5 Å². The number of nitrogens with one attached hydrogen (secondary N) is 1. The van der Waals surface area contributed by atoms with E-state index in [9.17, 15) is 4.79 Å². The van der Waals surface area contributed by atoms with Gasteiger partial charge in [0.25, 0.3) is 5.72 Å². The van der Waals surface area contributed by atoms with Crippen LogP contribution in [0.5, 0.6) is 11.5 Å². The molecule has 8 heteroatoms. The topological polar surface area (TPSA) is 116 Å². The Balaban J connectivity index is 1.29. The summed E-state index contributed by atoms with van der Waals surface area (Å²) in [7, 11) is 0. The van der Waals surface area contributed by atoms with Crippen LogP contribution < -0.4 is 15.2 Å². The molecular weight excluding hydrogens is 454 g/mol. The first kappa shape index (κ1) is 25.8. The third-order valence-corrected chi connectivity index (χ3v) is 6.71. The summed E-state index contributed by atoms with van der Waals surface area (Å²) in [4.78, 5) is 13.3. The van der Waals surface area contributed by atoms with Crippen molar-refractivity contribution < 1.29 is 14.3 Å². The van der Waals surface area contributed by atoms with E-state index in [0.717, 1.165) is 6.42 Å². The fraction of sp³-hybridized carbons (Fsp3) is 0.500. The molecular formula is C28H37N5O3. The van der Waals surface area contributed by atoms with Crippen molar-refractivity contribution in [3.8, 4) is 11.5 Å². The Morgan fingerprint density at radius 2 is 1.67 bits per heavy atom. The summed E-state index contributed by atoms with van der Waals surface area (Å²) in [6, 6.07) is 13.1. The number of carbonyl (C=O) groups excluding carboxylic acids is 1. The maximum Gasteiger partial charge on any atom is 0.257 e. The van der Waals surface area contributed by atoms with Gasteiger partial charge in [0, 0.05) is 5.56 Å². The molecule has 2 heterocycles. The Labute approximate surface area is 213 Å². The third kappa shape index (κ3) is 6.49. The van der Waals surface area contributed by atoms with Gasteiger partial charge >= 0.3 is 0 Å². The van der Waals surface area contributed by atoms with Gasteiger partial charge in [0.2, 0.25) is 5.82 Å². The maximum atomic E-state index is 13.3. The molecule has 36 heavy (non-hydrogen) atoms. The quantitative estimate of drug-likeness (QED) is 0.227. The van der Waals surface area contributed by atoms with E-state index in [1.165, 1.54) is 69.8 Å². The number of hydrogen-bond acceptors (Lipinski definition) is 7. The zero-order valence-electron chi connectivity index (χ0n) is 21.2. The van der Waals surface area contributed by atoms with Gasteiger partial charge in [-0.05, 0) is 35.8 Å². The van der Waals surface area contributed by atoms with Gasteiger partial charge in [-0.2, -0.15) is 5.21 Å². The van der Waals surface area contributed by atoms with Crippen molar-refractivity contribution in [1.82, 2.24) is 20.6 Å². The maximum absolute atomic E-state index is 13.3. The van der Waals surface area contributed by atoms with E-state index in [1.807, 2.05) is 24.3 Å². The number of ketones is 1. The van der Waals surface area contributed by atoms with Crippen LogP contribution in [0.25, 0.3) is 0 Å². The van der Waals surface area contributed by atoms with Crippen LogP contribution in [0.2, 0.25) is 0 Å². The molecule has 192 valence electrons. The van der Waals surface area contributed by atoms with Gasteiger partial charge in [0.15, 0.2) is 17.3 Å². The first-order chi connectivity index (χ1) is 17.6. The number of aryl methyl sites for hydroxylation is 1. The van der Waals surface area contributed by atoms with Crippen LogP contribution >= 0.6 is 0 Å². The highest BCUT2D eigenvalue weighted by Crippen LogP contribution is 2.40. The standard InChI is InChI=1S/C28H37N5O3/c1-2-3-4-5-6-7-8-9-10-11-13-21-16-18-22(19-17-21)25(34)23-14-12-15-24-26(23)36-28(29,20-35-24)27-30-32-33-31-27/h12,14-19H,2-11,13,20,29H2,1H3,(H,30,31,32,33). The largest absolute Gasteiger partial charge is 0.483 e. The normalized spacial score (nSPS) is 16.7. The minimum absolute atomic E-state index is 0.00479. The first-order valence-corrected chi connectivity index (χ1v) is 13.2. The van der Waals surface area contributed by atoms with Crippen LogP contribution in [-0.4, -0.2) is 33.0 Å². The summed E-state index contributed by atoms with van der Waals surface area (Å²) in [5, 5.41) is 13.8. The van der Waals surface area contributed by atoms with Crippen molar-refractivity contribution in [1.29, 1.82) is 0 Å². The summed E-state index contributed by atoms with van der Waals surface area (Å²) >= 11 is 0. The number of unbranched alkanes of at least 4 members (excludes halogenated alkanes) is 9. The van der Waals surface area contributed by atoms with E-state index in [2.05, 4.69) is 27.5 Å². The fourth-order valence-electron chi connectivity index (χ4n) is 4.56. The molecule has 8 nitrogen and oxygen atoms in total. The number of hydrogen-bond donors (Lipinski definition) is 2. The molecule has 0 fully saturated rings. The average Bonchev–Trinajstić information content (AvgIpc) is 3.46. The van der Waals surface area contributed by atoms with Crippen molar-refractivity contribution in [2.24, 2.45) is 5.73 Å². The molecule has 1 aliphatic rings. The van der Waals surface area contributed by atoms with Crippen LogP contribution in [0.3, 0.4) is 0 Å². The lowest BCUT2D eigenvalue weighted by atomic mass is 9.98. The predicted molar refractivity (Wildman–Crippen MR) is 138 cm³/mol. The van der Waals surface area contributed by atoms with Gasteiger partial charge in [-0.15, -0.1) is 10.2 Å². The van der Waals surface area contributed by atoms with Crippen LogP contribution in [0, 0.1) is 0 Å². The summed E-state index contributed by atoms with van der Waals surface area (Å²) in [5.41, 5.74) is 7.12. The van der Waals surface area contributed by atoms with E-state index in [4.69, 9.17) is 15.2 Å². The minimum atomic E-state index is -1.44. The van der Waals surface area contributed by atoms with Crippen molar-refractivity contribution in [2.45, 2.75) is 83.3 Å². The summed E-state index contributed by atoms with van der Waals surface area (Å²) in [6.07, 6.45) is 14.3. The van der Waals surface area contributed by atoms with Gasteiger partial charge in [0.05, 0.1) is 5.56 Å². The Morgan fingerprint density at radius 3 is 2.33 bits per heavy atom. The molecule has 1 aromatic heterocycles. The molecule has 0 spiro atoms. The van der Waals surface area contributed by atoms with E-state index < -0.39 is 5.72 Å². The number of fused-ring (bicyclic) bond motifs is 1. The highest BCUT2D eigenvalue weighted by Gasteiger charge is 2.41. The number of aromatic nitrogens is 4. The van der Waals surface area contributed by atoms with Gasteiger partial charge in [-0.3, -0.25) is 10.5 Å². The third-order valence-electron chi connectivity index (χ3n) is 6.71. The minimum Gasteiger partial charge on any atom is -0.483 e. The first-order valence-electron chi connectivity index (χ1n) is 13.2. The van der Waals surface area contributed by atoms with Gasteiger partial charge in [-0.25, -0.2) is 0 Å². The lowest BCUT2D eigenvalue weighted by Gasteiger charge is -2.33. The van der Waals surface area contributed by atoms with Crippen LogP contribution in [0.4, 0.5) is 0 Å². The zero-order chi connectivity index (χ0) is 25.2. The molecule has 3 aromatic rings. The van der Waals surface area contributed by atoms with E-state index in [-0.39, 0.29) is 24.0 Å². The SMILES string of the molecule is CCCCCCCCCCCCc1ccc(C(=O)c2cccc3c2OC(N)(c2nn[nH]n2)CO3)cc1. The van der Waals surface area contributed by atoms with E-state index >= 15 is 0 Å². The van der Waals surface area contributed by atoms with Crippen molar-refractivity contribution in [3.63, 3.8) is 0 Å². The summed E-state index contributed by atoms with van der Waals surface area (Å²) in [5.74, 6) is 0.753. The Bertz CT molecular complexity index is 1100. The van der Waals surface area contributed by atoms with E-state index in [1.54, 1.807) is 18.2 Å². The lowest BCUT2D eigenvalue weighted by molar-refractivity contribution is -0.0154. The number of H-pyrrole nitrogens is 1. The Kier molecular flexibility index (Phi) is 9.06. The van der Waals surface area contributed by atoms with Gasteiger partial charge in [-0.1, -0.05) is 95.0 Å². The number of ether oxygens (including phenoxy) is 2. The second-order valence-electron chi connectivity index (χ2n) is 9.61. The zero-order valence-corrected chi connectivity index (χ0v) is 21.2. The molecule has 1 unspecified atom stereocenters. The van der Waals surface area contributed by atoms with Crippen molar-refractivity contribution >= 4 is 5.78 Å². The Morgan fingerprint density at radius 1 is 0.972 bits per heavy atom. The molecule has 4 rings (SSSR count). The highest BCUT2D eigenvalue weighted by atomic mass is 16.6. The molecule has 0 bridgehead atoms. The second-order valence-corrected chi connectivity index (χ2v) is 9.61. The molecule has 1 atom stereocenters. The van der Waals surface area contributed by atoms with Crippen molar-refractivity contribution in [2.75, 3.05) is 6.61 Å². The number of nitrogens with two attached hydrogens (primary N) is 1. The second kappa shape index (κ2) is 12.6. The molecule has 3 N–H and O–H groups in total. The Hall–Kier alpha value is -3.26. The smallest absolute Gasteiger partial charge is 0.257 e. The molecule has 0 aliphatic carbocycles. The lowest BCUT2D eigenvalue weighted by Crippen LogP contribution is -2.51. The summed E-state index contributed by atoms with van der Waals surface area (Å²) in [6.45, 7) is 2.26. The monoisotopic (exact) mass is 491 g/mol. The highest BCUT2D eigenvalue weighted by molar-refractivity contribution is 6.11. The average molecular weight is 492 g/mol. The number of para-hydroxylation sites is 1. The van der Waals surface area contributed by atoms with Gasteiger partial charge in [0.1, 0.15) is 6.61 Å². The number of carbonyl (C=O) groups is 1. The number of nitrogens with zero attached hydrogens (tertiary/aromatic N) is 3. The predicted octanol–water partition coefficient (Wildman–Crippen LogP) is 5.48. The van der Waals surface area contributed by atoms with Crippen molar-refractivity contribution in [3.05, 3.63) is 65.0 Å². The van der Waals surface area contributed by atoms with E-state index in [0.29, 0.717) is 16.9 Å². The molecule has 0 amide bonds. The number of tetrazole rings is 1. The van der Waals surface area contributed by atoms with Crippen LogP contribution in [-0.2, 0) is 12.1 Å².